The summed E-state index contributed by atoms with van der Waals surface area (Å²) in [5.74, 6) is 2.10. The highest BCUT2D eigenvalue weighted by molar-refractivity contribution is 5.87. The van der Waals surface area contributed by atoms with Gasteiger partial charge in [-0.05, 0) is 50.5 Å². The third-order valence-electron chi connectivity index (χ3n) is 7.95. The largest absolute Gasteiger partial charge is 0.480 e. The van der Waals surface area contributed by atoms with E-state index in [4.69, 9.17) is 24.7 Å². The van der Waals surface area contributed by atoms with Crippen LogP contribution in [0.3, 0.4) is 0 Å². The Morgan fingerprint density at radius 1 is 1.03 bits per heavy atom. The molecule has 0 aliphatic carbocycles. The Kier molecular flexibility index (Phi) is 6.47. The fraction of sp³-hybridized carbons (Fsp3) is 0.483. The molecule has 0 saturated carbocycles. The number of carboxylic acid groups (broad SMARTS) is 1. The molecular formula is C29H35N7O3. The number of fused-ring (bicyclic) bond motifs is 2. The monoisotopic (exact) mass is 529 g/mol. The Balaban J connectivity index is 1.39. The van der Waals surface area contributed by atoms with Crippen LogP contribution in [0.25, 0.3) is 28.0 Å². The lowest BCUT2D eigenvalue weighted by molar-refractivity contribution is -0.154. The number of nitrogens with zero attached hydrogens (tertiary/aromatic N) is 7. The fourth-order valence-corrected chi connectivity index (χ4v) is 5.47. The molecule has 2 aliphatic rings. The van der Waals surface area contributed by atoms with Crippen molar-refractivity contribution in [1.82, 2.24) is 29.4 Å². The molecule has 10 heteroatoms. The van der Waals surface area contributed by atoms with Crippen molar-refractivity contribution in [2.45, 2.75) is 45.6 Å². The lowest BCUT2D eigenvalue weighted by Gasteiger charge is -2.47. The number of imidazole rings is 1. The van der Waals surface area contributed by atoms with Crippen LogP contribution in [0.2, 0.25) is 0 Å². The highest BCUT2D eigenvalue weighted by Crippen LogP contribution is 2.31. The zero-order chi connectivity index (χ0) is 27.3. The zero-order valence-corrected chi connectivity index (χ0v) is 23.0. The van der Waals surface area contributed by atoms with Gasteiger partial charge in [-0.1, -0.05) is 26.0 Å². The first-order valence-electron chi connectivity index (χ1n) is 13.7. The molecule has 204 valence electrons. The topological polar surface area (TPSA) is 110 Å². The van der Waals surface area contributed by atoms with Gasteiger partial charge in [0.15, 0.2) is 5.82 Å². The van der Waals surface area contributed by atoms with E-state index in [2.05, 4.69) is 29.4 Å². The summed E-state index contributed by atoms with van der Waals surface area (Å²) < 4.78 is 7.70. The molecule has 0 radical (unpaired) electrons. The second-order valence-electron chi connectivity index (χ2n) is 11.4. The van der Waals surface area contributed by atoms with Gasteiger partial charge in [0.2, 0.25) is 5.95 Å². The van der Waals surface area contributed by atoms with Gasteiger partial charge in [0.25, 0.3) is 0 Å². The van der Waals surface area contributed by atoms with Gasteiger partial charge in [-0.15, -0.1) is 0 Å². The first-order valence-corrected chi connectivity index (χ1v) is 13.7. The molecule has 1 N–H and O–H groups in total. The van der Waals surface area contributed by atoms with Gasteiger partial charge in [-0.3, -0.25) is 14.3 Å². The maximum absolute atomic E-state index is 11.6. The minimum Gasteiger partial charge on any atom is -0.480 e. The maximum atomic E-state index is 11.6. The minimum absolute atomic E-state index is 0.192. The van der Waals surface area contributed by atoms with Crippen LogP contribution in [0, 0.1) is 5.92 Å². The van der Waals surface area contributed by atoms with E-state index in [1.165, 1.54) is 0 Å². The SMILES string of the molecule is CC(C)c1nc2ccccc2n1-c1nc(N2CCOCC2)c2nc(CC3CN(C(C)(C)C(=O)O)C3)ccc2n1. The number of rotatable bonds is 7. The number of morpholine rings is 1. The van der Waals surface area contributed by atoms with Gasteiger partial charge in [0.05, 0.1) is 29.8 Å². The third-order valence-corrected chi connectivity index (χ3v) is 7.95. The number of hydrogen-bond acceptors (Lipinski definition) is 8. The van der Waals surface area contributed by atoms with Gasteiger partial charge in [-0.2, -0.15) is 4.98 Å². The van der Waals surface area contributed by atoms with Crippen molar-refractivity contribution in [2.24, 2.45) is 5.92 Å². The van der Waals surface area contributed by atoms with Crippen LogP contribution in [-0.4, -0.2) is 85.4 Å². The Bertz CT molecular complexity index is 1530. The number of carbonyl (C=O) groups is 1. The van der Waals surface area contributed by atoms with Crippen molar-refractivity contribution in [1.29, 1.82) is 0 Å². The molecule has 6 rings (SSSR count). The molecular weight excluding hydrogens is 494 g/mol. The van der Waals surface area contributed by atoms with Crippen molar-refractivity contribution < 1.29 is 14.6 Å². The molecule has 5 heterocycles. The smallest absolute Gasteiger partial charge is 0.323 e. The van der Waals surface area contributed by atoms with Crippen LogP contribution in [0.4, 0.5) is 5.82 Å². The number of likely N-dealkylation sites (tertiary alicyclic amines) is 1. The number of para-hydroxylation sites is 2. The first-order chi connectivity index (χ1) is 18.7. The zero-order valence-electron chi connectivity index (χ0n) is 23.0. The van der Waals surface area contributed by atoms with E-state index in [1.54, 1.807) is 13.8 Å². The standard InChI is InChI=1S/C29H35N7O3/c1-18(2)25-31-21-7-5-6-8-23(21)36(25)28-32-22-10-9-20(15-19-16-35(17-19)29(3,4)27(37)38)30-24(22)26(33-28)34-11-13-39-14-12-34/h5-10,18-19H,11-17H2,1-4H3,(H,37,38). The number of anilines is 1. The number of hydrogen-bond donors (Lipinski definition) is 1. The summed E-state index contributed by atoms with van der Waals surface area (Å²) in [5, 5.41) is 9.54. The van der Waals surface area contributed by atoms with Gasteiger partial charge in [-0.25, -0.2) is 15.0 Å². The van der Waals surface area contributed by atoms with Crippen LogP contribution >= 0.6 is 0 Å². The molecule has 10 nitrogen and oxygen atoms in total. The Labute approximate surface area is 227 Å². The summed E-state index contributed by atoms with van der Waals surface area (Å²) in [7, 11) is 0. The maximum Gasteiger partial charge on any atom is 0.323 e. The lowest BCUT2D eigenvalue weighted by Crippen LogP contribution is -2.61. The average Bonchev–Trinajstić information content (AvgIpc) is 3.30. The first kappa shape index (κ1) is 25.6. The van der Waals surface area contributed by atoms with Gasteiger partial charge >= 0.3 is 5.97 Å². The molecule has 0 atom stereocenters. The van der Waals surface area contributed by atoms with Crippen molar-refractivity contribution in [3.8, 4) is 5.95 Å². The minimum atomic E-state index is -0.854. The molecule has 39 heavy (non-hydrogen) atoms. The van der Waals surface area contributed by atoms with Crippen molar-refractivity contribution in [3.05, 3.63) is 47.9 Å². The molecule has 2 aliphatic heterocycles. The molecule has 0 spiro atoms. The van der Waals surface area contributed by atoms with Gasteiger partial charge in [0, 0.05) is 37.8 Å². The predicted octanol–water partition coefficient (Wildman–Crippen LogP) is 3.66. The van der Waals surface area contributed by atoms with E-state index < -0.39 is 11.5 Å². The molecule has 1 aromatic carbocycles. The van der Waals surface area contributed by atoms with Crippen molar-refractivity contribution in [3.63, 3.8) is 0 Å². The molecule has 0 bridgehead atoms. The number of ether oxygens (including phenoxy) is 1. The van der Waals surface area contributed by atoms with Crippen molar-refractivity contribution >= 4 is 33.9 Å². The van der Waals surface area contributed by atoms with Gasteiger partial charge < -0.3 is 14.7 Å². The van der Waals surface area contributed by atoms with Crippen LogP contribution in [0.1, 0.15) is 45.1 Å². The molecule has 0 unspecified atom stereocenters. The Morgan fingerprint density at radius 3 is 2.49 bits per heavy atom. The number of aliphatic carboxylic acids is 1. The Hall–Kier alpha value is -3.63. The summed E-state index contributed by atoms with van der Waals surface area (Å²) in [6, 6.07) is 12.2. The van der Waals surface area contributed by atoms with E-state index in [-0.39, 0.29) is 5.92 Å². The lowest BCUT2D eigenvalue weighted by atomic mass is 9.88. The third kappa shape index (κ3) is 4.61. The average molecular weight is 530 g/mol. The van der Waals surface area contributed by atoms with E-state index in [9.17, 15) is 9.90 Å². The van der Waals surface area contributed by atoms with E-state index in [0.717, 1.165) is 72.0 Å². The van der Waals surface area contributed by atoms with Crippen LogP contribution in [-0.2, 0) is 16.0 Å². The summed E-state index contributed by atoms with van der Waals surface area (Å²) >= 11 is 0. The Morgan fingerprint density at radius 2 is 1.77 bits per heavy atom. The number of pyridine rings is 1. The molecule has 2 fully saturated rings. The predicted molar refractivity (Wildman–Crippen MR) is 150 cm³/mol. The summed E-state index contributed by atoms with van der Waals surface area (Å²) in [5.41, 5.74) is 3.61. The highest BCUT2D eigenvalue weighted by atomic mass is 16.5. The highest BCUT2D eigenvalue weighted by Gasteiger charge is 2.42. The fourth-order valence-electron chi connectivity index (χ4n) is 5.47. The summed E-state index contributed by atoms with van der Waals surface area (Å²) in [4.78, 5) is 36.0. The number of benzene rings is 1. The summed E-state index contributed by atoms with van der Waals surface area (Å²) in [6.07, 6.45) is 0.788. The van der Waals surface area contributed by atoms with E-state index in [0.29, 0.717) is 25.1 Å². The molecule has 4 aromatic rings. The van der Waals surface area contributed by atoms with E-state index >= 15 is 0 Å². The normalized spacial score (nSPS) is 17.3. The summed E-state index contributed by atoms with van der Waals surface area (Å²) in [6.45, 7) is 12.0. The second kappa shape index (κ2) is 9.84. The van der Waals surface area contributed by atoms with Gasteiger partial charge in [0.1, 0.15) is 16.9 Å². The van der Waals surface area contributed by atoms with Crippen LogP contribution in [0.15, 0.2) is 36.4 Å². The molecule has 2 saturated heterocycles. The number of aromatic nitrogens is 5. The van der Waals surface area contributed by atoms with E-state index in [1.807, 2.05) is 35.2 Å². The quantitative estimate of drug-likeness (QED) is 0.384. The second-order valence-corrected chi connectivity index (χ2v) is 11.4. The molecule has 3 aromatic heterocycles. The van der Waals surface area contributed by atoms with Crippen LogP contribution < -0.4 is 4.90 Å². The number of carboxylic acids is 1. The van der Waals surface area contributed by atoms with Crippen molar-refractivity contribution in [2.75, 3.05) is 44.3 Å². The molecule has 0 amide bonds. The van der Waals surface area contributed by atoms with Crippen LogP contribution in [0.5, 0.6) is 0 Å².